The second-order valence-corrected chi connectivity index (χ2v) is 8.81. The molecule has 0 aliphatic rings. The summed E-state index contributed by atoms with van der Waals surface area (Å²) in [6, 6.07) is 5.04. The van der Waals surface area contributed by atoms with Crippen molar-refractivity contribution < 1.29 is 4.57 Å². The van der Waals surface area contributed by atoms with E-state index in [4.69, 9.17) is 0 Å². The fourth-order valence-electron chi connectivity index (χ4n) is 3.89. The van der Waals surface area contributed by atoms with Crippen molar-refractivity contribution in [2.75, 3.05) is 0 Å². The largest absolute Gasteiger partial charge is 0.203 e. The van der Waals surface area contributed by atoms with Crippen LogP contribution in [0.3, 0.4) is 0 Å². The van der Waals surface area contributed by atoms with Crippen LogP contribution in [0.2, 0.25) is 0 Å². The minimum atomic E-state index is 0.566. The number of hydrogen-bond acceptors (Lipinski definition) is 0. The van der Waals surface area contributed by atoms with Gasteiger partial charge in [-0.05, 0) is 32.8 Å². The third-order valence-electron chi connectivity index (χ3n) is 5.80. The molecule has 1 aromatic heterocycles. The summed E-state index contributed by atoms with van der Waals surface area (Å²) < 4.78 is 2.32. The summed E-state index contributed by atoms with van der Waals surface area (Å²) in [5, 5.41) is 0. The average molecular weight is 375 g/mol. The predicted molar refractivity (Wildman–Crippen MR) is 120 cm³/mol. The molecular formula is C26H48N+. The molecule has 1 heteroatoms. The number of pyridine rings is 1. The maximum atomic E-state index is 2.33. The first-order chi connectivity index (χ1) is 13.2. The van der Waals surface area contributed by atoms with Crippen molar-refractivity contribution in [3.63, 3.8) is 0 Å². The van der Waals surface area contributed by atoms with Crippen LogP contribution in [0.15, 0.2) is 24.5 Å². The lowest BCUT2D eigenvalue weighted by molar-refractivity contribution is -0.716. The summed E-state index contributed by atoms with van der Waals surface area (Å²) in [4.78, 5) is 0. The van der Waals surface area contributed by atoms with Gasteiger partial charge in [-0.25, -0.2) is 4.57 Å². The first kappa shape index (κ1) is 24.2. The highest BCUT2D eigenvalue weighted by Crippen LogP contribution is 2.14. The van der Waals surface area contributed by atoms with Gasteiger partial charge in [0.1, 0.15) is 0 Å². The number of aryl methyl sites for hydroxylation is 1. The molecule has 0 saturated carbocycles. The molecule has 0 N–H and O–H groups in total. The Kier molecular flexibility index (Phi) is 15.5. The van der Waals surface area contributed by atoms with E-state index in [0.29, 0.717) is 6.04 Å². The Labute approximate surface area is 171 Å². The number of rotatable bonds is 18. The standard InChI is InChI=1S/C26H48N/c1-4-5-6-7-8-9-10-11-12-13-14-15-16-17-18-19-21-26-22-20-23-27(24-26)25(2)3/h20,22-25H,4-19,21H2,1-3H3/q+1. The maximum absolute atomic E-state index is 2.33. The minimum Gasteiger partial charge on any atom is -0.203 e. The van der Waals surface area contributed by atoms with Crippen LogP contribution in [0.1, 0.15) is 135 Å². The molecule has 0 amide bonds. The lowest BCUT2D eigenvalue weighted by Crippen LogP contribution is -2.35. The van der Waals surface area contributed by atoms with Crippen molar-refractivity contribution in [1.82, 2.24) is 0 Å². The Morgan fingerprint density at radius 3 is 1.56 bits per heavy atom. The van der Waals surface area contributed by atoms with Crippen LogP contribution in [0, 0.1) is 0 Å². The summed E-state index contributed by atoms with van der Waals surface area (Å²) in [7, 11) is 0. The maximum Gasteiger partial charge on any atom is 0.172 e. The van der Waals surface area contributed by atoms with Crippen LogP contribution in [0.4, 0.5) is 0 Å². The number of aromatic nitrogens is 1. The zero-order valence-electron chi connectivity index (χ0n) is 18.9. The van der Waals surface area contributed by atoms with Crippen LogP contribution in [-0.2, 0) is 6.42 Å². The quantitative estimate of drug-likeness (QED) is 0.179. The predicted octanol–water partition coefficient (Wildman–Crippen LogP) is 8.36. The zero-order valence-corrected chi connectivity index (χ0v) is 18.9. The van der Waals surface area contributed by atoms with Gasteiger partial charge in [-0.1, -0.05) is 103 Å². The topological polar surface area (TPSA) is 3.88 Å². The van der Waals surface area contributed by atoms with Crippen molar-refractivity contribution >= 4 is 0 Å². The van der Waals surface area contributed by atoms with E-state index in [1.165, 1.54) is 115 Å². The van der Waals surface area contributed by atoms with Crippen molar-refractivity contribution in [2.24, 2.45) is 0 Å². The molecule has 0 spiro atoms. The second kappa shape index (κ2) is 17.3. The van der Waals surface area contributed by atoms with Crippen molar-refractivity contribution in [3.05, 3.63) is 30.1 Å². The van der Waals surface area contributed by atoms with E-state index >= 15 is 0 Å². The highest BCUT2D eigenvalue weighted by molar-refractivity contribution is 5.05. The van der Waals surface area contributed by atoms with Gasteiger partial charge in [0.2, 0.25) is 0 Å². The van der Waals surface area contributed by atoms with E-state index < -0.39 is 0 Å². The molecular weight excluding hydrogens is 326 g/mol. The van der Waals surface area contributed by atoms with Gasteiger partial charge in [-0.15, -0.1) is 0 Å². The lowest BCUT2D eigenvalue weighted by Gasteiger charge is -2.05. The van der Waals surface area contributed by atoms with Gasteiger partial charge in [0.15, 0.2) is 18.4 Å². The summed E-state index contributed by atoms with van der Waals surface area (Å²) >= 11 is 0. The minimum absolute atomic E-state index is 0.566. The molecule has 1 aromatic rings. The molecule has 0 aliphatic heterocycles. The molecule has 27 heavy (non-hydrogen) atoms. The van der Waals surface area contributed by atoms with Gasteiger partial charge in [-0.3, -0.25) is 0 Å². The summed E-state index contributed by atoms with van der Waals surface area (Å²) in [6.45, 7) is 6.79. The van der Waals surface area contributed by atoms with Crippen LogP contribution in [0.5, 0.6) is 0 Å². The molecule has 0 fully saturated rings. The third-order valence-corrected chi connectivity index (χ3v) is 5.80. The summed E-state index contributed by atoms with van der Waals surface area (Å²) in [6.07, 6.45) is 28.8. The van der Waals surface area contributed by atoms with Gasteiger partial charge in [-0.2, -0.15) is 0 Å². The van der Waals surface area contributed by atoms with Crippen LogP contribution in [0.25, 0.3) is 0 Å². The fourth-order valence-corrected chi connectivity index (χ4v) is 3.89. The van der Waals surface area contributed by atoms with E-state index in [0.717, 1.165) is 0 Å². The Hall–Kier alpha value is -0.850. The van der Waals surface area contributed by atoms with Crippen molar-refractivity contribution in [2.45, 2.75) is 136 Å². The first-order valence-electron chi connectivity index (χ1n) is 12.2. The normalized spacial score (nSPS) is 11.4. The van der Waals surface area contributed by atoms with Gasteiger partial charge in [0.25, 0.3) is 0 Å². The number of nitrogens with zero attached hydrogens (tertiary/aromatic N) is 1. The molecule has 0 aliphatic carbocycles. The highest BCUT2D eigenvalue weighted by atomic mass is 15.0. The smallest absolute Gasteiger partial charge is 0.172 e. The Morgan fingerprint density at radius 2 is 1.11 bits per heavy atom. The zero-order chi connectivity index (χ0) is 19.6. The first-order valence-corrected chi connectivity index (χ1v) is 12.2. The second-order valence-electron chi connectivity index (χ2n) is 8.81. The molecule has 0 bridgehead atoms. The fraction of sp³-hybridized carbons (Fsp3) is 0.808. The average Bonchev–Trinajstić information content (AvgIpc) is 2.68. The summed E-state index contributed by atoms with van der Waals surface area (Å²) in [5.74, 6) is 0. The molecule has 0 unspecified atom stereocenters. The molecule has 156 valence electrons. The van der Waals surface area contributed by atoms with Crippen LogP contribution < -0.4 is 4.57 Å². The van der Waals surface area contributed by atoms with Gasteiger partial charge in [0.05, 0.1) is 0 Å². The third kappa shape index (κ3) is 13.9. The van der Waals surface area contributed by atoms with E-state index in [-0.39, 0.29) is 0 Å². The Balaban J connectivity index is 1.82. The van der Waals surface area contributed by atoms with Gasteiger partial charge >= 0.3 is 0 Å². The number of hydrogen-bond donors (Lipinski definition) is 0. The molecule has 1 nitrogen and oxygen atoms in total. The van der Waals surface area contributed by atoms with E-state index in [9.17, 15) is 0 Å². The highest BCUT2D eigenvalue weighted by Gasteiger charge is 2.06. The van der Waals surface area contributed by atoms with E-state index in [1.807, 2.05) is 0 Å². The SMILES string of the molecule is CCCCCCCCCCCCCCCCCCc1ccc[n+](C(C)C)c1. The lowest BCUT2D eigenvalue weighted by atomic mass is 10.0. The van der Waals surface area contributed by atoms with Gasteiger partial charge in [0, 0.05) is 11.6 Å². The molecule has 1 heterocycles. The van der Waals surface area contributed by atoms with Crippen LogP contribution >= 0.6 is 0 Å². The van der Waals surface area contributed by atoms with Crippen molar-refractivity contribution in [1.29, 1.82) is 0 Å². The monoisotopic (exact) mass is 374 g/mol. The van der Waals surface area contributed by atoms with Crippen molar-refractivity contribution in [3.8, 4) is 0 Å². The van der Waals surface area contributed by atoms with E-state index in [1.54, 1.807) is 0 Å². The Bertz CT molecular complexity index is 438. The molecule has 0 atom stereocenters. The molecule has 0 radical (unpaired) electrons. The molecule has 1 rings (SSSR count). The number of unbranched alkanes of at least 4 members (excludes halogenated alkanes) is 15. The molecule has 0 aromatic carbocycles. The Morgan fingerprint density at radius 1 is 0.667 bits per heavy atom. The van der Waals surface area contributed by atoms with E-state index in [2.05, 4.69) is 49.9 Å². The van der Waals surface area contributed by atoms with Crippen LogP contribution in [-0.4, -0.2) is 0 Å². The van der Waals surface area contributed by atoms with Gasteiger partial charge < -0.3 is 0 Å². The molecule has 0 saturated heterocycles. The summed E-state index contributed by atoms with van der Waals surface area (Å²) in [5.41, 5.74) is 1.50.